The Kier molecular flexibility index (Phi) is 4.07. The molecule has 2 heterocycles. The lowest BCUT2D eigenvalue weighted by Crippen LogP contribution is -2.92. The minimum atomic E-state index is -0.321. The van der Waals surface area contributed by atoms with E-state index in [-0.39, 0.29) is 24.3 Å². The largest absolute Gasteiger partial charge is 0.361 e. The summed E-state index contributed by atoms with van der Waals surface area (Å²) in [4.78, 5) is 29.4. The van der Waals surface area contributed by atoms with E-state index in [2.05, 4.69) is 17.1 Å². The standard InChI is InChI=1S/C20H19N3O2/c24-19-12-18(20(25)23(19)15-6-2-1-3-7-15)21-11-10-14-13-22-17-9-5-4-8-16(14)17/h1-9,13,18,21-22H,10-12H2/p+1/t18-/m1/s1. The molecule has 1 aliphatic rings. The molecule has 0 unspecified atom stereocenters. The number of carbonyl (C=O) groups is 2. The SMILES string of the molecule is O=C1C[C@@H]([NH2+]CCc2c[nH]c3ccccc23)C(=O)N1c1ccccc1. The molecule has 0 bridgehead atoms. The maximum absolute atomic E-state index is 12.6. The summed E-state index contributed by atoms with van der Waals surface area (Å²) in [7, 11) is 0. The minimum Gasteiger partial charge on any atom is -0.361 e. The zero-order valence-electron chi connectivity index (χ0n) is 13.8. The molecule has 1 aromatic heterocycles. The van der Waals surface area contributed by atoms with Crippen molar-refractivity contribution >= 4 is 28.4 Å². The number of fused-ring (bicyclic) bond motifs is 1. The first-order chi connectivity index (χ1) is 12.2. The van der Waals surface area contributed by atoms with E-state index < -0.39 is 0 Å². The van der Waals surface area contributed by atoms with Crippen LogP contribution < -0.4 is 10.2 Å². The summed E-state index contributed by atoms with van der Waals surface area (Å²) in [5.74, 6) is -0.236. The van der Waals surface area contributed by atoms with Gasteiger partial charge in [-0.05, 0) is 23.8 Å². The Balaban J connectivity index is 1.40. The lowest BCUT2D eigenvalue weighted by Gasteiger charge is -2.13. The Morgan fingerprint density at radius 1 is 1.04 bits per heavy atom. The van der Waals surface area contributed by atoms with Gasteiger partial charge in [-0.2, -0.15) is 0 Å². The van der Waals surface area contributed by atoms with E-state index in [0.29, 0.717) is 5.69 Å². The summed E-state index contributed by atoms with van der Waals surface area (Å²) < 4.78 is 0. The van der Waals surface area contributed by atoms with Crippen molar-refractivity contribution in [1.82, 2.24) is 4.98 Å². The number of benzene rings is 2. The monoisotopic (exact) mass is 334 g/mol. The maximum Gasteiger partial charge on any atom is 0.292 e. The van der Waals surface area contributed by atoms with Gasteiger partial charge in [0, 0.05) is 23.5 Å². The zero-order chi connectivity index (χ0) is 17.2. The lowest BCUT2D eigenvalue weighted by molar-refractivity contribution is -0.674. The minimum absolute atomic E-state index is 0.116. The van der Waals surface area contributed by atoms with Crippen molar-refractivity contribution in [3.63, 3.8) is 0 Å². The molecule has 2 amide bonds. The maximum atomic E-state index is 12.6. The molecule has 0 aliphatic carbocycles. The van der Waals surface area contributed by atoms with E-state index in [0.717, 1.165) is 18.5 Å². The van der Waals surface area contributed by atoms with Gasteiger partial charge in [-0.1, -0.05) is 36.4 Å². The molecule has 0 spiro atoms. The summed E-state index contributed by atoms with van der Waals surface area (Å²) in [6.07, 6.45) is 3.14. The first-order valence-corrected chi connectivity index (χ1v) is 8.54. The number of aromatic nitrogens is 1. The van der Waals surface area contributed by atoms with Crippen LogP contribution in [0.25, 0.3) is 10.9 Å². The number of anilines is 1. The van der Waals surface area contributed by atoms with Crippen LogP contribution in [0.5, 0.6) is 0 Å². The number of rotatable bonds is 5. The highest BCUT2D eigenvalue weighted by molar-refractivity contribution is 6.21. The van der Waals surface area contributed by atoms with Gasteiger partial charge < -0.3 is 10.3 Å². The van der Waals surface area contributed by atoms with Crippen LogP contribution >= 0.6 is 0 Å². The molecule has 126 valence electrons. The van der Waals surface area contributed by atoms with E-state index in [1.165, 1.54) is 15.8 Å². The van der Waals surface area contributed by atoms with Crippen molar-refractivity contribution in [2.45, 2.75) is 18.9 Å². The van der Waals surface area contributed by atoms with Crippen LogP contribution in [-0.2, 0) is 16.0 Å². The number of H-pyrrole nitrogens is 1. The Morgan fingerprint density at radius 3 is 2.64 bits per heavy atom. The highest BCUT2D eigenvalue weighted by atomic mass is 16.2. The number of nitrogens with zero attached hydrogens (tertiary/aromatic N) is 1. The molecule has 0 saturated carbocycles. The number of nitrogens with one attached hydrogen (secondary N) is 1. The predicted molar refractivity (Wildman–Crippen MR) is 96.1 cm³/mol. The number of hydrogen-bond donors (Lipinski definition) is 2. The molecule has 25 heavy (non-hydrogen) atoms. The third-order valence-corrected chi connectivity index (χ3v) is 4.74. The molecule has 5 heteroatoms. The van der Waals surface area contributed by atoms with Gasteiger partial charge >= 0.3 is 0 Å². The molecular weight excluding hydrogens is 314 g/mol. The van der Waals surface area contributed by atoms with Gasteiger partial charge in [0.1, 0.15) is 0 Å². The van der Waals surface area contributed by atoms with Gasteiger partial charge in [-0.15, -0.1) is 0 Å². The summed E-state index contributed by atoms with van der Waals surface area (Å²) in [6.45, 7) is 0.772. The average Bonchev–Trinajstić information content (AvgIpc) is 3.17. The smallest absolute Gasteiger partial charge is 0.292 e. The van der Waals surface area contributed by atoms with Gasteiger partial charge in [-0.25, -0.2) is 4.90 Å². The number of aromatic amines is 1. The molecule has 3 N–H and O–H groups in total. The highest BCUT2D eigenvalue weighted by Gasteiger charge is 2.41. The highest BCUT2D eigenvalue weighted by Crippen LogP contribution is 2.21. The predicted octanol–water partition coefficient (Wildman–Crippen LogP) is 1.61. The van der Waals surface area contributed by atoms with Crippen molar-refractivity contribution in [3.05, 3.63) is 66.4 Å². The molecule has 5 nitrogen and oxygen atoms in total. The number of amides is 2. The van der Waals surface area contributed by atoms with Crippen LogP contribution in [0.3, 0.4) is 0 Å². The van der Waals surface area contributed by atoms with Crippen LogP contribution in [-0.4, -0.2) is 29.4 Å². The normalized spacial score (nSPS) is 17.6. The fourth-order valence-corrected chi connectivity index (χ4v) is 3.47. The molecular formula is C20H20N3O2+. The van der Waals surface area contributed by atoms with Gasteiger partial charge in [0.2, 0.25) is 5.91 Å². The van der Waals surface area contributed by atoms with Crippen LogP contribution in [0.1, 0.15) is 12.0 Å². The average molecular weight is 334 g/mol. The molecule has 3 aromatic rings. The lowest BCUT2D eigenvalue weighted by atomic mass is 10.1. The molecule has 1 aliphatic heterocycles. The summed E-state index contributed by atoms with van der Waals surface area (Å²) in [5.41, 5.74) is 3.02. The molecule has 1 saturated heterocycles. The van der Waals surface area contributed by atoms with Crippen molar-refractivity contribution in [3.8, 4) is 0 Å². The second-order valence-corrected chi connectivity index (χ2v) is 6.35. The summed E-state index contributed by atoms with van der Waals surface area (Å²) in [6, 6.07) is 17.0. The molecule has 1 fully saturated rings. The van der Waals surface area contributed by atoms with Gasteiger partial charge in [0.15, 0.2) is 6.04 Å². The molecule has 0 radical (unpaired) electrons. The van der Waals surface area contributed by atoms with E-state index in [1.807, 2.05) is 41.8 Å². The van der Waals surface area contributed by atoms with E-state index >= 15 is 0 Å². The Morgan fingerprint density at radius 2 is 1.80 bits per heavy atom. The number of para-hydroxylation sites is 2. The van der Waals surface area contributed by atoms with Crippen LogP contribution in [0.4, 0.5) is 5.69 Å². The number of carbonyl (C=O) groups excluding carboxylic acids is 2. The number of imide groups is 1. The van der Waals surface area contributed by atoms with Crippen molar-refractivity contribution in [1.29, 1.82) is 0 Å². The number of hydrogen-bond acceptors (Lipinski definition) is 2. The quantitative estimate of drug-likeness (QED) is 0.696. The van der Waals surface area contributed by atoms with Gasteiger partial charge in [0.25, 0.3) is 5.91 Å². The van der Waals surface area contributed by atoms with E-state index in [9.17, 15) is 9.59 Å². The fourth-order valence-electron chi connectivity index (χ4n) is 3.47. The number of nitrogens with two attached hydrogens (primary N) is 1. The van der Waals surface area contributed by atoms with E-state index in [1.54, 1.807) is 12.1 Å². The van der Waals surface area contributed by atoms with Crippen molar-refractivity contribution in [2.24, 2.45) is 0 Å². The van der Waals surface area contributed by atoms with Crippen LogP contribution in [0.15, 0.2) is 60.8 Å². The zero-order valence-corrected chi connectivity index (χ0v) is 13.8. The Labute approximate surface area is 145 Å². The second-order valence-electron chi connectivity index (χ2n) is 6.35. The van der Waals surface area contributed by atoms with Crippen molar-refractivity contribution < 1.29 is 14.9 Å². The third-order valence-electron chi connectivity index (χ3n) is 4.74. The molecule has 1 atom stereocenters. The van der Waals surface area contributed by atoms with Crippen LogP contribution in [0, 0.1) is 0 Å². The summed E-state index contributed by atoms with van der Waals surface area (Å²) in [5, 5.41) is 3.21. The first kappa shape index (κ1) is 15.6. The Hall–Kier alpha value is -2.92. The van der Waals surface area contributed by atoms with Crippen LogP contribution in [0.2, 0.25) is 0 Å². The van der Waals surface area contributed by atoms with Crippen molar-refractivity contribution in [2.75, 3.05) is 11.4 Å². The Bertz CT molecular complexity index is 917. The topological polar surface area (TPSA) is 69.8 Å². The second kappa shape index (κ2) is 6.53. The third kappa shape index (κ3) is 2.94. The fraction of sp³-hybridized carbons (Fsp3) is 0.200. The van der Waals surface area contributed by atoms with E-state index in [4.69, 9.17) is 0 Å². The molecule has 4 rings (SSSR count). The van der Waals surface area contributed by atoms with Gasteiger partial charge in [0.05, 0.1) is 18.7 Å². The molecule has 2 aromatic carbocycles. The first-order valence-electron chi connectivity index (χ1n) is 8.54. The number of quaternary nitrogens is 1. The summed E-state index contributed by atoms with van der Waals surface area (Å²) >= 11 is 0. The van der Waals surface area contributed by atoms with Gasteiger partial charge in [-0.3, -0.25) is 9.59 Å².